The zero-order valence-electron chi connectivity index (χ0n) is 15.2. The van der Waals surface area contributed by atoms with E-state index in [4.69, 9.17) is 4.84 Å². The molecule has 2 saturated heterocycles. The van der Waals surface area contributed by atoms with E-state index < -0.39 is 29.8 Å². The highest BCUT2D eigenvalue weighted by atomic mass is 19.1. The lowest BCUT2D eigenvalue weighted by molar-refractivity contribution is -0.126. The van der Waals surface area contributed by atoms with Crippen LogP contribution in [0, 0.1) is 11.7 Å². The molecule has 0 aliphatic carbocycles. The molecule has 7 heteroatoms. The molecule has 29 heavy (non-hydrogen) atoms. The Balaban J connectivity index is 1.58. The second-order valence-corrected chi connectivity index (χ2v) is 6.93. The molecule has 0 N–H and O–H groups in total. The Bertz CT molecular complexity index is 1060. The number of nitrogens with zero attached hydrogens (tertiary/aromatic N) is 3. The van der Waals surface area contributed by atoms with Gasteiger partial charge < -0.3 is 0 Å². The lowest BCUT2D eigenvalue weighted by atomic mass is 9.91. The summed E-state index contributed by atoms with van der Waals surface area (Å²) in [6.07, 6.45) is 2.33. The van der Waals surface area contributed by atoms with Gasteiger partial charge in [0.05, 0.1) is 17.4 Å². The molecule has 3 aromatic rings. The van der Waals surface area contributed by atoms with Gasteiger partial charge in [-0.1, -0.05) is 18.2 Å². The molecule has 5 rings (SSSR count). The topological polar surface area (TPSA) is 62.7 Å². The van der Waals surface area contributed by atoms with Crippen LogP contribution < -0.4 is 9.96 Å². The molecule has 0 radical (unpaired) electrons. The molecule has 2 aliphatic rings. The third kappa shape index (κ3) is 2.78. The molecule has 0 spiro atoms. The second-order valence-electron chi connectivity index (χ2n) is 6.93. The Morgan fingerprint density at radius 3 is 2.21 bits per heavy atom. The van der Waals surface area contributed by atoms with Crippen LogP contribution in [0.4, 0.5) is 15.8 Å². The van der Waals surface area contributed by atoms with Gasteiger partial charge >= 0.3 is 0 Å². The molecule has 0 saturated carbocycles. The van der Waals surface area contributed by atoms with Crippen molar-refractivity contribution in [1.82, 2.24) is 4.98 Å². The lowest BCUT2D eigenvalue weighted by Crippen LogP contribution is -2.37. The monoisotopic (exact) mass is 389 g/mol. The van der Waals surface area contributed by atoms with Gasteiger partial charge in [-0.15, -0.1) is 0 Å². The van der Waals surface area contributed by atoms with Gasteiger partial charge in [-0.3, -0.25) is 19.4 Å². The fraction of sp³-hybridized carbons (Fsp3) is 0.136. The van der Waals surface area contributed by atoms with Gasteiger partial charge in [0.1, 0.15) is 11.7 Å². The molecule has 0 bridgehead atoms. The molecule has 3 heterocycles. The highest BCUT2D eigenvalue weighted by molar-refractivity contribution is 6.23. The summed E-state index contributed by atoms with van der Waals surface area (Å²) in [5, 5.41) is 1.63. The van der Waals surface area contributed by atoms with Crippen LogP contribution in [0.5, 0.6) is 0 Å². The van der Waals surface area contributed by atoms with Crippen molar-refractivity contribution in [2.45, 2.75) is 12.1 Å². The third-order valence-corrected chi connectivity index (χ3v) is 5.26. The maximum absolute atomic E-state index is 13.3. The molecule has 3 atom stereocenters. The molecular weight excluding hydrogens is 373 g/mol. The maximum atomic E-state index is 13.3. The molecule has 2 aliphatic heterocycles. The minimum atomic E-state index is -0.953. The van der Waals surface area contributed by atoms with E-state index in [1.165, 1.54) is 24.3 Å². The zero-order chi connectivity index (χ0) is 20.0. The van der Waals surface area contributed by atoms with E-state index in [0.717, 1.165) is 16.2 Å². The van der Waals surface area contributed by atoms with E-state index in [0.29, 0.717) is 5.69 Å². The normalized spacial score (nSPS) is 23.6. The number of imide groups is 1. The number of fused-ring (bicyclic) bond motifs is 1. The number of carbonyl (C=O) groups is 2. The van der Waals surface area contributed by atoms with Crippen molar-refractivity contribution < 1.29 is 18.8 Å². The lowest BCUT2D eigenvalue weighted by Gasteiger charge is -2.28. The molecule has 2 fully saturated rings. The largest absolute Gasteiger partial charge is 0.273 e. The number of para-hydroxylation sites is 1. The van der Waals surface area contributed by atoms with Crippen LogP contribution in [0.2, 0.25) is 0 Å². The number of rotatable bonds is 3. The maximum Gasteiger partial charge on any atom is 0.266 e. The third-order valence-electron chi connectivity index (χ3n) is 5.26. The number of benzene rings is 2. The van der Waals surface area contributed by atoms with Crippen LogP contribution in [-0.4, -0.2) is 22.9 Å². The molecule has 1 aromatic heterocycles. The number of anilines is 2. The van der Waals surface area contributed by atoms with E-state index >= 15 is 0 Å². The summed E-state index contributed by atoms with van der Waals surface area (Å²) in [4.78, 5) is 37.6. The van der Waals surface area contributed by atoms with Crippen molar-refractivity contribution in [3.63, 3.8) is 0 Å². The van der Waals surface area contributed by atoms with E-state index in [1.807, 2.05) is 42.5 Å². The van der Waals surface area contributed by atoms with Crippen molar-refractivity contribution in [3.8, 4) is 0 Å². The number of hydrogen-bond donors (Lipinski definition) is 0. The number of halogens is 1. The standard InChI is InChI=1S/C22H16FN3O3/c23-15-6-8-16(9-7-15)25-21(27)18-19(14-10-12-24-13-11-14)26(29-20(18)22(25)28)17-4-2-1-3-5-17/h1-13,18-20H/t18-,19-,20-/m1/s1. The van der Waals surface area contributed by atoms with Crippen LogP contribution >= 0.6 is 0 Å². The first kappa shape index (κ1) is 17.5. The Kier molecular flexibility index (Phi) is 4.10. The molecule has 2 aromatic carbocycles. The smallest absolute Gasteiger partial charge is 0.266 e. The first-order valence-electron chi connectivity index (χ1n) is 9.19. The summed E-state index contributed by atoms with van der Waals surface area (Å²) in [7, 11) is 0. The summed E-state index contributed by atoms with van der Waals surface area (Å²) in [5.74, 6) is -1.99. The predicted molar refractivity (Wildman–Crippen MR) is 103 cm³/mol. The van der Waals surface area contributed by atoms with Gasteiger partial charge in [0.2, 0.25) is 5.91 Å². The Morgan fingerprint density at radius 2 is 1.52 bits per heavy atom. The van der Waals surface area contributed by atoms with Gasteiger partial charge in [-0.25, -0.2) is 14.4 Å². The van der Waals surface area contributed by atoms with E-state index in [9.17, 15) is 14.0 Å². The highest BCUT2D eigenvalue weighted by Crippen LogP contribution is 2.47. The Morgan fingerprint density at radius 1 is 0.828 bits per heavy atom. The number of hydroxylamine groups is 1. The van der Waals surface area contributed by atoms with Gasteiger partial charge in [0.25, 0.3) is 5.91 Å². The van der Waals surface area contributed by atoms with E-state index in [-0.39, 0.29) is 5.91 Å². The van der Waals surface area contributed by atoms with Crippen molar-refractivity contribution in [1.29, 1.82) is 0 Å². The van der Waals surface area contributed by atoms with Crippen LogP contribution in [-0.2, 0) is 14.4 Å². The van der Waals surface area contributed by atoms with Crippen LogP contribution in [0.15, 0.2) is 79.1 Å². The van der Waals surface area contributed by atoms with E-state index in [2.05, 4.69) is 4.98 Å². The SMILES string of the molecule is O=C1[C@@H]2[C@@H](c3ccncc3)N(c3ccccc3)O[C@H]2C(=O)N1c1ccc(F)cc1. The van der Waals surface area contributed by atoms with Gasteiger partial charge in [0, 0.05) is 12.4 Å². The number of pyridine rings is 1. The summed E-state index contributed by atoms with van der Waals surface area (Å²) in [6, 6.07) is 17.8. The number of aromatic nitrogens is 1. The number of carbonyl (C=O) groups excluding carboxylic acids is 2. The van der Waals surface area contributed by atoms with Gasteiger partial charge in [0.15, 0.2) is 6.10 Å². The first-order valence-corrected chi connectivity index (χ1v) is 9.19. The predicted octanol–water partition coefficient (Wildman–Crippen LogP) is 3.27. The van der Waals surface area contributed by atoms with Crippen molar-refractivity contribution in [2.24, 2.45) is 5.92 Å². The molecule has 144 valence electrons. The van der Waals surface area contributed by atoms with Crippen LogP contribution in [0.25, 0.3) is 0 Å². The summed E-state index contributed by atoms with van der Waals surface area (Å²) < 4.78 is 13.3. The summed E-state index contributed by atoms with van der Waals surface area (Å²) >= 11 is 0. The Labute approximate surface area is 166 Å². The molecule has 0 unspecified atom stereocenters. The molecular formula is C22H16FN3O3. The minimum absolute atomic E-state index is 0.333. The van der Waals surface area contributed by atoms with Crippen LogP contribution in [0.3, 0.4) is 0 Å². The quantitative estimate of drug-likeness (QED) is 0.644. The number of hydrogen-bond acceptors (Lipinski definition) is 5. The minimum Gasteiger partial charge on any atom is -0.273 e. The molecule has 2 amide bonds. The molecule has 6 nitrogen and oxygen atoms in total. The zero-order valence-corrected chi connectivity index (χ0v) is 15.2. The second kappa shape index (κ2) is 6.79. The van der Waals surface area contributed by atoms with Crippen molar-refractivity contribution in [2.75, 3.05) is 9.96 Å². The van der Waals surface area contributed by atoms with Gasteiger partial charge in [-0.2, -0.15) is 0 Å². The van der Waals surface area contributed by atoms with Gasteiger partial charge in [-0.05, 0) is 54.1 Å². The summed E-state index contributed by atoms with van der Waals surface area (Å²) in [6.45, 7) is 0. The first-order chi connectivity index (χ1) is 14.1. The fourth-order valence-electron chi connectivity index (χ4n) is 3.96. The van der Waals surface area contributed by atoms with E-state index in [1.54, 1.807) is 17.5 Å². The van der Waals surface area contributed by atoms with Crippen molar-refractivity contribution >= 4 is 23.2 Å². The van der Waals surface area contributed by atoms with Crippen molar-refractivity contribution in [3.05, 3.63) is 90.5 Å². The average Bonchev–Trinajstić information content (AvgIpc) is 3.27. The fourth-order valence-corrected chi connectivity index (χ4v) is 3.96. The highest BCUT2D eigenvalue weighted by Gasteiger charge is 2.60. The summed E-state index contributed by atoms with van der Waals surface area (Å²) in [5.41, 5.74) is 1.90. The Hall–Kier alpha value is -3.58. The van der Waals surface area contributed by atoms with Crippen LogP contribution in [0.1, 0.15) is 11.6 Å². The number of amides is 2. The average molecular weight is 389 g/mol.